The van der Waals surface area contributed by atoms with Crippen molar-refractivity contribution in [1.82, 2.24) is 4.90 Å². The van der Waals surface area contributed by atoms with E-state index in [4.69, 9.17) is 9.73 Å². The first kappa shape index (κ1) is 15.7. The Balaban J connectivity index is 1.63. The molecule has 0 spiro atoms. The van der Waals surface area contributed by atoms with Gasteiger partial charge in [0.2, 0.25) is 0 Å². The molecule has 24 heavy (non-hydrogen) atoms. The number of ether oxygens (including phenoxy) is 2. The van der Waals surface area contributed by atoms with Crippen LogP contribution in [0.5, 0.6) is 11.5 Å². The fraction of sp³-hybridized carbons (Fsp3) is 0.471. The van der Waals surface area contributed by atoms with E-state index in [2.05, 4.69) is 15.0 Å². The SMILES string of the molecule is COc1cc(C2=CSC3=N[C@H]4CCCC[C@H]4N23)ccc1OC(F)F. The van der Waals surface area contributed by atoms with Gasteiger partial charge in [-0.05, 0) is 31.0 Å². The summed E-state index contributed by atoms with van der Waals surface area (Å²) in [6.45, 7) is -2.87. The van der Waals surface area contributed by atoms with Gasteiger partial charge in [0.1, 0.15) is 0 Å². The molecule has 1 aromatic rings. The Labute approximate surface area is 143 Å². The second-order valence-electron chi connectivity index (χ2n) is 6.07. The Kier molecular flexibility index (Phi) is 4.12. The molecule has 3 aliphatic rings. The van der Waals surface area contributed by atoms with Crippen LogP contribution in [0.1, 0.15) is 31.2 Å². The summed E-state index contributed by atoms with van der Waals surface area (Å²) in [5, 5.41) is 3.13. The first-order valence-electron chi connectivity index (χ1n) is 8.04. The number of amidine groups is 1. The monoisotopic (exact) mass is 352 g/mol. The van der Waals surface area contributed by atoms with Crippen LogP contribution in [0.25, 0.3) is 5.70 Å². The van der Waals surface area contributed by atoms with Crippen molar-refractivity contribution in [2.45, 2.75) is 44.4 Å². The van der Waals surface area contributed by atoms with Gasteiger partial charge in [0.25, 0.3) is 0 Å². The summed E-state index contributed by atoms with van der Waals surface area (Å²) in [7, 11) is 1.45. The summed E-state index contributed by atoms with van der Waals surface area (Å²) in [5.41, 5.74) is 1.99. The molecule has 7 heteroatoms. The molecule has 128 valence electrons. The van der Waals surface area contributed by atoms with Gasteiger partial charge in [-0.1, -0.05) is 24.6 Å². The quantitative estimate of drug-likeness (QED) is 0.808. The fourth-order valence-corrected chi connectivity index (χ4v) is 4.66. The lowest BCUT2D eigenvalue weighted by atomic mass is 9.90. The van der Waals surface area contributed by atoms with Crippen LogP contribution in [0.2, 0.25) is 0 Å². The van der Waals surface area contributed by atoms with Gasteiger partial charge in [-0.25, -0.2) is 0 Å². The number of alkyl halides is 2. The lowest BCUT2D eigenvalue weighted by Crippen LogP contribution is -2.38. The van der Waals surface area contributed by atoms with E-state index in [0.29, 0.717) is 17.8 Å². The minimum Gasteiger partial charge on any atom is -0.493 e. The lowest BCUT2D eigenvalue weighted by molar-refractivity contribution is -0.0512. The third-order valence-corrected chi connectivity index (χ3v) is 5.57. The molecule has 1 aliphatic carbocycles. The van der Waals surface area contributed by atoms with Crippen LogP contribution in [-0.2, 0) is 0 Å². The van der Waals surface area contributed by atoms with E-state index in [9.17, 15) is 8.78 Å². The predicted octanol–water partition coefficient (Wildman–Crippen LogP) is 4.32. The fourth-order valence-electron chi connectivity index (χ4n) is 3.65. The highest BCUT2D eigenvalue weighted by molar-refractivity contribution is 8.16. The van der Waals surface area contributed by atoms with Crippen LogP contribution >= 0.6 is 11.8 Å². The molecule has 2 heterocycles. The topological polar surface area (TPSA) is 34.1 Å². The second kappa shape index (κ2) is 6.27. The molecule has 0 aromatic heterocycles. The van der Waals surface area contributed by atoms with E-state index in [1.165, 1.54) is 26.0 Å². The molecule has 4 rings (SSSR count). The highest BCUT2D eigenvalue weighted by Crippen LogP contribution is 2.45. The molecule has 0 N–H and O–H groups in total. The van der Waals surface area contributed by atoms with E-state index >= 15 is 0 Å². The van der Waals surface area contributed by atoms with Crippen LogP contribution in [0.15, 0.2) is 28.6 Å². The number of methoxy groups -OCH3 is 1. The maximum atomic E-state index is 12.5. The van der Waals surface area contributed by atoms with Crippen molar-refractivity contribution in [3.63, 3.8) is 0 Å². The normalized spacial score (nSPS) is 25.2. The number of halogens is 2. The van der Waals surface area contributed by atoms with Gasteiger partial charge in [-0.3, -0.25) is 4.99 Å². The Morgan fingerprint density at radius 2 is 2.08 bits per heavy atom. The number of aliphatic imine (C=N–C) groups is 1. The Bertz CT molecular complexity index is 708. The lowest BCUT2D eigenvalue weighted by Gasteiger charge is -2.32. The van der Waals surface area contributed by atoms with Crippen LogP contribution in [0.3, 0.4) is 0 Å². The number of benzene rings is 1. The number of hydrogen-bond acceptors (Lipinski definition) is 5. The van der Waals surface area contributed by atoms with Gasteiger partial charge < -0.3 is 14.4 Å². The minimum atomic E-state index is -2.87. The number of thioether (sulfide) groups is 1. The Hall–Kier alpha value is -1.76. The molecule has 2 aliphatic heterocycles. The summed E-state index contributed by atoms with van der Waals surface area (Å²) in [4.78, 5) is 7.15. The minimum absolute atomic E-state index is 0.0494. The maximum absolute atomic E-state index is 12.5. The number of rotatable bonds is 4. The van der Waals surface area contributed by atoms with Gasteiger partial charge in [0.15, 0.2) is 16.7 Å². The molecule has 2 atom stereocenters. The molecule has 0 amide bonds. The average molecular weight is 352 g/mol. The van der Waals surface area contributed by atoms with Crippen LogP contribution < -0.4 is 9.47 Å². The zero-order valence-corrected chi connectivity index (χ0v) is 14.1. The third kappa shape index (κ3) is 2.64. The van der Waals surface area contributed by atoms with Crippen LogP contribution in [-0.4, -0.2) is 35.9 Å². The highest BCUT2D eigenvalue weighted by atomic mass is 32.2. The molecule has 0 bridgehead atoms. The summed E-state index contributed by atoms with van der Waals surface area (Å²) in [6, 6.07) is 5.89. The average Bonchev–Trinajstić information content (AvgIpc) is 3.14. The number of hydrogen-bond donors (Lipinski definition) is 0. The summed E-state index contributed by atoms with van der Waals surface area (Å²) >= 11 is 1.63. The van der Waals surface area contributed by atoms with Gasteiger partial charge in [0.05, 0.1) is 24.9 Å². The first-order chi connectivity index (χ1) is 11.7. The van der Waals surface area contributed by atoms with Gasteiger partial charge >= 0.3 is 6.61 Å². The number of nitrogens with zero attached hydrogens (tertiary/aromatic N) is 2. The number of fused-ring (bicyclic) bond motifs is 3. The Morgan fingerprint density at radius 1 is 1.25 bits per heavy atom. The third-order valence-electron chi connectivity index (χ3n) is 4.72. The van der Waals surface area contributed by atoms with E-state index in [1.807, 2.05) is 0 Å². The van der Waals surface area contributed by atoms with E-state index in [0.717, 1.165) is 29.3 Å². The predicted molar refractivity (Wildman–Crippen MR) is 90.5 cm³/mol. The van der Waals surface area contributed by atoms with Gasteiger partial charge in [0, 0.05) is 11.0 Å². The van der Waals surface area contributed by atoms with E-state index in [1.54, 1.807) is 23.9 Å². The van der Waals surface area contributed by atoms with Crippen molar-refractivity contribution in [1.29, 1.82) is 0 Å². The zero-order chi connectivity index (χ0) is 16.7. The Morgan fingerprint density at radius 3 is 2.88 bits per heavy atom. The van der Waals surface area contributed by atoms with Crippen molar-refractivity contribution < 1.29 is 18.3 Å². The van der Waals surface area contributed by atoms with Gasteiger partial charge in [-0.15, -0.1) is 0 Å². The summed E-state index contributed by atoms with van der Waals surface area (Å²) in [5.74, 6) is 0.358. The smallest absolute Gasteiger partial charge is 0.387 e. The molecule has 1 aromatic carbocycles. The highest BCUT2D eigenvalue weighted by Gasteiger charge is 2.42. The molecule has 1 saturated carbocycles. The van der Waals surface area contributed by atoms with Crippen molar-refractivity contribution in [3.05, 3.63) is 29.2 Å². The van der Waals surface area contributed by atoms with Crippen molar-refractivity contribution in [2.24, 2.45) is 4.99 Å². The van der Waals surface area contributed by atoms with Crippen LogP contribution in [0, 0.1) is 0 Å². The summed E-state index contributed by atoms with van der Waals surface area (Å²) < 4.78 is 34.7. The van der Waals surface area contributed by atoms with Crippen molar-refractivity contribution in [2.75, 3.05) is 7.11 Å². The molecular formula is C17H18F2N2O2S. The van der Waals surface area contributed by atoms with Gasteiger partial charge in [-0.2, -0.15) is 8.78 Å². The molecule has 0 unspecified atom stereocenters. The summed E-state index contributed by atoms with van der Waals surface area (Å²) in [6.07, 6.45) is 4.74. The van der Waals surface area contributed by atoms with E-state index in [-0.39, 0.29) is 5.75 Å². The van der Waals surface area contributed by atoms with E-state index < -0.39 is 6.61 Å². The molecule has 0 saturated heterocycles. The zero-order valence-electron chi connectivity index (χ0n) is 13.2. The largest absolute Gasteiger partial charge is 0.493 e. The molecule has 4 nitrogen and oxygen atoms in total. The van der Waals surface area contributed by atoms with Crippen molar-refractivity contribution in [3.8, 4) is 11.5 Å². The maximum Gasteiger partial charge on any atom is 0.387 e. The van der Waals surface area contributed by atoms with Crippen LogP contribution in [0.4, 0.5) is 8.78 Å². The standard InChI is InChI=1S/C17H18F2N2O2S/c1-22-15-8-10(6-7-14(15)23-16(18)19)13-9-24-17-20-11-4-2-3-5-12(11)21(13)17/h6-9,11-12,16H,2-5H2,1H3/t11-,12+/m0/s1. The molecule has 0 radical (unpaired) electrons. The molecule has 1 fully saturated rings. The second-order valence-corrected chi connectivity index (χ2v) is 6.90. The van der Waals surface area contributed by atoms with Crippen molar-refractivity contribution >= 4 is 22.6 Å². The molecular weight excluding hydrogens is 334 g/mol. The first-order valence-corrected chi connectivity index (χ1v) is 8.92.